The van der Waals surface area contributed by atoms with Crippen LogP contribution in [0.2, 0.25) is 0 Å². The van der Waals surface area contributed by atoms with Gasteiger partial charge in [-0.3, -0.25) is 14.3 Å². The van der Waals surface area contributed by atoms with E-state index in [1.54, 1.807) is 24.3 Å². The molecular formula is C15H20N2O5S. The Morgan fingerprint density at radius 3 is 2.22 bits per heavy atom. The Morgan fingerprint density at radius 1 is 1.09 bits per heavy atom. The van der Waals surface area contributed by atoms with Gasteiger partial charge >= 0.3 is 5.97 Å². The van der Waals surface area contributed by atoms with Gasteiger partial charge in [0.05, 0.1) is 17.9 Å². The Kier molecular flexibility index (Phi) is 5.25. The van der Waals surface area contributed by atoms with Gasteiger partial charge in [0.15, 0.2) is 0 Å². The van der Waals surface area contributed by atoms with Gasteiger partial charge in [-0.2, -0.15) is 0 Å². The van der Waals surface area contributed by atoms with Gasteiger partial charge in [-0.15, -0.1) is 0 Å². The number of carbonyl (C=O) groups excluding carboxylic acids is 1. The lowest BCUT2D eigenvalue weighted by molar-refractivity contribution is -0.143. The second-order valence-corrected chi connectivity index (χ2v) is 7.58. The van der Waals surface area contributed by atoms with Crippen LogP contribution in [0.15, 0.2) is 24.3 Å². The number of hydrogen-bond acceptors (Lipinski definition) is 4. The monoisotopic (exact) mass is 340 g/mol. The van der Waals surface area contributed by atoms with E-state index in [0.717, 1.165) is 6.26 Å². The van der Waals surface area contributed by atoms with Crippen molar-refractivity contribution in [3.63, 3.8) is 0 Å². The third-order valence-corrected chi connectivity index (χ3v) is 4.49. The average molecular weight is 340 g/mol. The molecule has 1 aromatic rings. The molecule has 0 heterocycles. The number of carboxylic acid groups (broad SMARTS) is 1. The third-order valence-electron chi connectivity index (χ3n) is 3.88. The van der Waals surface area contributed by atoms with Gasteiger partial charge in [0.1, 0.15) is 0 Å². The summed E-state index contributed by atoms with van der Waals surface area (Å²) in [5.74, 6) is -1.53. The van der Waals surface area contributed by atoms with Crippen molar-refractivity contribution in [2.75, 3.05) is 16.3 Å². The molecule has 2 rings (SSSR count). The molecule has 1 aliphatic rings. The second-order valence-electron chi connectivity index (χ2n) is 5.83. The minimum absolute atomic E-state index is 0.162. The minimum Gasteiger partial charge on any atom is -0.481 e. The Hall–Kier alpha value is -2.09. The van der Waals surface area contributed by atoms with Crippen molar-refractivity contribution in [2.24, 2.45) is 11.8 Å². The predicted molar refractivity (Wildman–Crippen MR) is 86.6 cm³/mol. The molecule has 1 aromatic carbocycles. The first-order chi connectivity index (χ1) is 10.7. The van der Waals surface area contributed by atoms with Crippen molar-refractivity contribution in [3.05, 3.63) is 24.3 Å². The highest BCUT2D eigenvalue weighted by molar-refractivity contribution is 7.92. The van der Waals surface area contributed by atoms with E-state index >= 15 is 0 Å². The van der Waals surface area contributed by atoms with Crippen LogP contribution in [0.3, 0.4) is 0 Å². The number of rotatable bonds is 5. The highest BCUT2D eigenvalue weighted by atomic mass is 32.2. The fourth-order valence-electron chi connectivity index (χ4n) is 2.72. The molecule has 0 aromatic heterocycles. The summed E-state index contributed by atoms with van der Waals surface area (Å²) in [6.45, 7) is 0. The molecular weight excluding hydrogens is 320 g/mol. The quantitative estimate of drug-likeness (QED) is 0.757. The van der Waals surface area contributed by atoms with Crippen LogP contribution in [0.1, 0.15) is 25.7 Å². The number of amides is 1. The molecule has 8 heteroatoms. The molecule has 1 amide bonds. The number of sulfonamides is 1. The smallest absolute Gasteiger partial charge is 0.306 e. The van der Waals surface area contributed by atoms with Crippen LogP contribution in [0, 0.1) is 11.8 Å². The van der Waals surface area contributed by atoms with E-state index in [4.69, 9.17) is 5.11 Å². The number of aliphatic carboxylic acids is 1. The summed E-state index contributed by atoms with van der Waals surface area (Å²) in [5.41, 5.74) is 0.879. The molecule has 0 saturated heterocycles. The molecule has 0 spiro atoms. The SMILES string of the molecule is CS(=O)(=O)Nc1cccc(NC(=O)C2CCC(C(=O)O)CC2)c1. The summed E-state index contributed by atoms with van der Waals surface area (Å²) in [4.78, 5) is 23.2. The summed E-state index contributed by atoms with van der Waals surface area (Å²) >= 11 is 0. The van der Waals surface area contributed by atoms with Gasteiger partial charge < -0.3 is 10.4 Å². The first-order valence-electron chi connectivity index (χ1n) is 7.36. The van der Waals surface area contributed by atoms with Crippen LogP contribution in [0.4, 0.5) is 11.4 Å². The van der Waals surface area contributed by atoms with Gasteiger partial charge in [-0.25, -0.2) is 8.42 Å². The molecule has 126 valence electrons. The lowest BCUT2D eigenvalue weighted by Crippen LogP contribution is -2.29. The largest absolute Gasteiger partial charge is 0.481 e. The van der Waals surface area contributed by atoms with E-state index < -0.39 is 16.0 Å². The first-order valence-corrected chi connectivity index (χ1v) is 9.25. The number of carboxylic acids is 1. The van der Waals surface area contributed by atoms with E-state index in [0.29, 0.717) is 37.1 Å². The van der Waals surface area contributed by atoms with Crippen molar-refractivity contribution in [1.29, 1.82) is 0 Å². The molecule has 23 heavy (non-hydrogen) atoms. The molecule has 1 fully saturated rings. The highest BCUT2D eigenvalue weighted by Crippen LogP contribution is 2.30. The van der Waals surface area contributed by atoms with Crippen molar-refractivity contribution in [3.8, 4) is 0 Å². The fourth-order valence-corrected chi connectivity index (χ4v) is 3.28. The van der Waals surface area contributed by atoms with Crippen LogP contribution in [-0.2, 0) is 19.6 Å². The first kappa shape index (κ1) is 17.3. The number of carbonyl (C=O) groups is 2. The Labute approximate surface area is 135 Å². The minimum atomic E-state index is -3.38. The van der Waals surface area contributed by atoms with Crippen molar-refractivity contribution >= 4 is 33.3 Å². The van der Waals surface area contributed by atoms with Crippen molar-refractivity contribution in [2.45, 2.75) is 25.7 Å². The van der Waals surface area contributed by atoms with Crippen molar-refractivity contribution < 1.29 is 23.1 Å². The predicted octanol–water partition coefficient (Wildman–Crippen LogP) is 1.89. The lowest BCUT2D eigenvalue weighted by atomic mass is 9.81. The zero-order valence-electron chi connectivity index (χ0n) is 12.8. The maximum Gasteiger partial charge on any atom is 0.306 e. The summed E-state index contributed by atoms with van der Waals surface area (Å²) < 4.78 is 24.8. The standard InChI is InChI=1S/C15H20N2O5S/c1-23(21,22)17-13-4-2-3-12(9-13)16-14(18)10-5-7-11(8-6-10)15(19)20/h2-4,9-11,17H,5-8H2,1H3,(H,16,18)(H,19,20). The van der Waals surface area contributed by atoms with Gasteiger partial charge in [-0.1, -0.05) is 6.07 Å². The molecule has 7 nitrogen and oxygen atoms in total. The second kappa shape index (κ2) is 6.99. The Morgan fingerprint density at radius 2 is 1.65 bits per heavy atom. The summed E-state index contributed by atoms with van der Waals surface area (Å²) in [5, 5.41) is 11.7. The Balaban J connectivity index is 1.96. The molecule has 0 atom stereocenters. The summed E-state index contributed by atoms with van der Waals surface area (Å²) in [6.07, 6.45) is 3.15. The Bertz CT molecular complexity index is 694. The number of nitrogens with one attached hydrogen (secondary N) is 2. The maximum absolute atomic E-state index is 12.2. The highest BCUT2D eigenvalue weighted by Gasteiger charge is 2.29. The normalized spacial score (nSPS) is 21.4. The fraction of sp³-hybridized carbons (Fsp3) is 0.467. The van der Waals surface area contributed by atoms with E-state index in [1.807, 2.05) is 0 Å². The molecule has 0 bridgehead atoms. The van der Waals surface area contributed by atoms with Crippen LogP contribution < -0.4 is 10.0 Å². The number of hydrogen-bond donors (Lipinski definition) is 3. The van der Waals surface area contributed by atoms with E-state index in [2.05, 4.69) is 10.0 Å². The molecule has 1 saturated carbocycles. The third kappa shape index (κ3) is 5.24. The molecule has 3 N–H and O–H groups in total. The molecule has 0 radical (unpaired) electrons. The van der Waals surface area contributed by atoms with Gasteiger partial charge in [-0.05, 0) is 43.9 Å². The molecule has 0 aliphatic heterocycles. The molecule has 1 aliphatic carbocycles. The van der Waals surface area contributed by atoms with Gasteiger partial charge in [0, 0.05) is 11.6 Å². The van der Waals surface area contributed by atoms with Crippen LogP contribution in [-0.4, -0.2) is 31.7 Å². The zero-order chi connectivity index (χ0) is 17.0. The van der Waals surface area contributed by atoms with E-state index in [9.17, 15) is 18.0 Å². The van der Waals surface area contributed by atoms with Crippen LogP contribution >= 0.6 is 0 Å². The number of anilines is 2. The van der Waals surface area contributed by atoms with Crippen LogP contribution in [0.25, 0.3) is 0 Å². The van der Waals surface area contributed by atoms with Crippen LogP contribution in [0.5, 0.6) is 0 Å². The van der Waals surface area contributed by atoms with E-state index in [1.165, 1.54) is 0 Å². The van der Waals surface area contributed by atoms with E-state index in [-0.39, 0.29) is 17.7 Å². The van der Waals surface area contributed by atoms with Gasteiger partial charge in [0.2, 0.25) is 15.9 Å². The average Bonchev–Trinajstić information content (AvgIpc) is 2.46. The van der Waals surface area contributed by atoms with Gasteiger partial charge in [0.25, 0.3) is 0 Å². The zero-order valence-corrected chi connectivity index (χ0v) is 13.6. The maximum atomic E-state index is 12.2. The number of benzene rings is 1. The molecule has 0 unspecified atom stereocenters. The van der Waals surface area contributed by atoms with Crippen molar-refractivity contribution in [1.82, 2.24) is 0 Å². The lowest BCUT2D eigenvalue weighted by Gasteiger charge is -2.25. The topological polar surface area (TPSA) is 113 Å². The summed E-state index contributed by atoms with van der Waals surface area (Å²) in [6, 6.07) is 6.45. The summed E-state index contributed by atoms with van der Waals surface area (Å²) in [7, 11) is -3.38.